The molecule has 2 rings (SSSR count). The van der Waals surface area contributed by atoms with E-state index in [9.17, 15) is 9.59 Å². The van der Waals surface area contributed by atoms with Gasteiger partial charge in [-0.2, -0.15) is 0 Å². The molecule has 1 atom stereocenters. The van der Waals surface area contributed by atoms with Crippen molar-refractivity contribution in [3.05, 3.63) is 22.4 Å². The van der Waals surface area contributed by atoms with Crippen LogP contribution >= 0.6 is 15.9 Å². The van der Waals surface area contributed by atoms with Crippen molar-refractivity contribution in [3.63, 3.8) is 0 Å². The number of halogens is 1. The molecule has 1 aliphatic rings. The Morgan fingerprint density at radius 1 is 1.55 bits per heavy atom. The monoisotopic (exact) mass is 341 g/mol. The zero-order valence-electron chi connectivity index (χ0n) is 12.0. The molecular weight excluding hydrogens is 322 g/mol. The maximum Gasteiger partial charge on any atom is 0.270 e. The minimum atomic E-state index is -0.221. The van der Waals surface area contributed by atoms with Crippen molar-refractivity contribution in [1.29, 1.82) is 0 Å². The molecule has 1 aromatic heterocycles. The Hall–Kier alpha value is -1.30. The van der Waals surface area contributed by atoms with Crippen molar-refractivity contribution < 1.29 is 9.59 Å². The van der Waals surface area contributed by atoms with Crippen molar-refractivity contribution in [2.75, 3.05) is 20.6 Å². The maximum atomic E-state index is 12.5. The Morgan fingerprint density at radius 2 is 2.20 bits per heavy atom. The molecule has 1 saturated carbocycles. The average Bonchev–Trinajstić information content (AvgIpc) is 3.19. The molecule has 1 heterocycles. The summed E-state index contributed by atoms with van der Waals surface area (Å²) in [6, 6.07) is 2.30. The van der Waals surface area contributed by atoms with Crippen LogP contribution < -0.4 is 5.32 Å². The van der Waals surface area contributed by atoms with Crippen LogP contribution in [0.3, 0.4) is 0 Å². The van der Waals surface area contributed by atoms with Crippen molar-refractivity contribution in [3.8, 4) is 0 Å². The minimum Gasteiger partial charge on any atom is -0.359 e. The first kappa shape index (κ1) is 15.1. The number of nitrogens with zero attached hydrogens (tertiary/aromatic N) is 2. The lowest BCUT2D eigenvalue weighted by Crippen LogP contribution is -2.38. The Balaban J connectivity index is 2.08. The van der Waals surface area contributed by atoms with Gasteiger partial charge < -0.3 is 14.8 Å². The Morgan fingerprint density at radius 3 is 2.75 bits per heavy atom. The lowest BCUT2D eigenvalue weighted by atomic mass is 10.1. The second kappa shape index (κ2) is 5.99. The van der Waals surface area contributed by atoms with Crippen LogP contribution in [0, 0.1) is 5.92 Å². The molecule has 0 bridgehead atoms. The van der Waals surface area contributed by atoms with Gasteiger partial charge in [0, 0.05) is 37.4 Å². The molecule has 2 amide bonds. The van der Waals surface area contributed by atoms with E-state index >= 15 is 0 Å². The van der Waals surface area contributed by atoms with Crippen molar-refractivity contribution >= 4 is 27.7 Å². The summed E-state index contributed by atoms with van der Waals surface area (Å²) < 4.78 is 2.95. The number of amides is 2. The number of nitrogens with one attached hydrogen (secondary N) is 1. The highest BCUT2D eigenvalue weighted by atomic mass is 79.9. The smallest absolute Gasteiger partial charge is 0.270 e. The van der Waals surface area contributed by atoms with E-state index in [-0.39, 0.29) is 17.7 Å². The van der Waals surface area contributed by atoms with E-state index in [1.165, 1.54) is 0 Å². The fourth-order valence-corrected chi connectivity index (χ4v) is 2.73. The molecule has 0 saturated heterocycles. The van der Waals surface area contributed by atoms with E-state index in [1.54, 1.807) is 19.0 Å². The molecule has 1 N–H and O–H groups in total. The fourth-order valence-electron chi connectivity index (χ4n) is 2.29. The number of carbonyl (C=O) groups excluding carboxylic acids is 2. The van der Waals surface area contributed by atoms with E-state index < -0.39 is 0 Å². The van der Waals surface area contributed by atoms with E-state index in [4.69, 9.17) is 0 Å². The van der Waals surface area contributed by atoms with Gasteiger partial charge in [-0.25, -0.2) is 0 Å². The summed E-state index contributed by atoms with van der Waals surface area (Å²) in [6.45, 7) is 2.23. The molecule has 0 radical (unpaired) electrons. The third-order valence-electron chi connectivity index (χ3n) is 3.56. The van der Waals surface area contributed by atoms with Crippen LogP contribution in [0.4, 0.5) is 0 Å². The molecule has 1 aliphatic carbocycles. The van der Waals surface area contributed by atoms with Crippen LogP contribution in [0.1, 0.15) is 36.3 Å². The lowest BCUT2D eigenvalue weighted by molar-refractivity contribution is -0.124. The van der Waals surface area contributed by atoms with Crippen LogP contribution in [0.2, 0.25) is 0 Å². The second-order valence-electron chi connectivity index (χ2n) is 5.38. The third kappa shape index (κ3) is 3.23. The highest BCUT2D eigenvalue weighted by molar-refractivity contribution is 9.10. The van der Waals surface area contributed by atoms with Gasteiger partial charge in [-0.1, -0.05) is 6.92 Å². The predicted octanol–water partition coefficient (Wildman–Crippen LogP) is 2.04. The van der Waals surface area contributed by atoms with Gasteiger partial charge in [-0.05, 0) is 34.8 Å². The van der Waals surface area contributed by atoms with Crippen molar-refractivity contribution in [1.82, 2.24) is 14.8 Å². The van der Waals surface area contributed by atoms with Crippen molar-refractivity contribution in [2.45, 2.75) is 25.8 Å². The molecule has 20 heavy (non-hydrogen) atoms. The van der Waals surface area contributed by atoms with Gasteiger partial charge in [-0.3, -0.25) is 9.59 Å². The number of hydrogen-bond donors (Lipinski definition) is 1. The zero-order chi connectivity index (χ0) is 14.9. The van der Waals surface area contributed by atoms with Gasteiger partial charge in [0.2, 0.25) is 5.91 Å². The van der Waals surface area contributed by atoms with Crippen LogP contribution in [0.5, 0.6) is 0 Å². The summed E-state index contributed by atoms with van der Waals surface area (Å²) in [5.41, 5.74) is 0.686. The highest BCUT2D eigenvalue weighted by Crippen LogP contribution is 2.37. The van der Waals surface area contributed by atoms with Gasteiger partial charge in [-0.15, -0.1) is 0 Å². The molecule has 110 valence electrons. The zero-order valence-corrected chi connectivity index (χ0v) is 13.6. The molecule has 1 fully saturated rings. The molecule has 1 aromatic rings. The second-order valence-corrected chi connectivity index (χ2v) is 6.30. The highest BCUT2D eigenvalue weighted by Gasteiger charge is 2.29. The topological polar surface area (TPSA) is 54.3 Å². The lowest BCUT2D eigenvalue weighted by Gasteiger charge is -2.21. The predicted molar refractivity (Wildman–Crippen MR) is 80.6 cm³/mol. The summed E-state index contributed by atoms with van der Waals surface area (Å²) in [6.07, 6.45) is 4.21. The van der Waals surface area contributed by atoms with Crippen LogP contribution in [0.25, 0.3) is 0 Å². The number of rotatable bonds is 5. The number of carbonyl (C=O) groups is 2. The number of hydrogen-bond acceptors (Lipinski definition) is 2. The summed E-state index contributed by atoms with van der Waals surface area (Å²) in [5.74, 6) is -0.316. The number of aromatic nitrogens is 1. The van der Waals surface area contributed by atoms with Crippen molar-refractivity contribution in [2.24, 2.45) is 5.92 Å². The summed E-state index contributed by atoms with van der Waals surface area (Å²) in [5, 5.41) is 2.60. The fraction of sp³-hybridized carbons (Fsp3) is 0.571. The van der Waals surface area contributed by atoms with E-state index in [1.807, 2.05) is 23.8 Å². The SMILES string of the molecule is CNC(=O)C(C)CN(C)C(=O)c1cc(Br)cn1C1CC1. The molecule has 5 nitrogen and oxygen atoms in total. The summed E-state index contributed by atoms with van der Waals surface area (Å²) in [4.78, 5) is 25.7. The Kier molecular flexibility index (Phi) is 4.52. The summed E-state index contributed by atoms with van der Waals surface area (Å²) >= 11 is 3.43. The molecule has 6 heteroatoms. The standard InChI is InChI=1S/C14H20BrN3O2/c1-9(13(19)16-2)7-17(3)14(20)12-6-10(15)8-18(12)11-4-5-11/h6,8-9,11H,4-5,7H2,1-3H3,(H,16,19). The first-order valence-electron chi connectivity index (χ1n) is 6.78. The quantitative estimate of drug-likeness (QED) is 0.890. The maximum absolute atomic E-state index is 12.5. The van der Waals surface area contributed by atoms with E-state index in [2.05, 4.69) is 21.2 Å². The van der Waals surface area contributed by atoms with Gasteiger partial charge in [0.05, 0.1) is 5.92 Å². The normalized spacial score (nSPS) is 15.8. The molecular formula is C14H20BrN3O2. The molecule has 0 aliphatic heterocycles. The first-order valence-corrected chi connectivity index (χ1v) is 7.57. The Bertz CT molecular complexity index is 522. The van der Waals surface area contributed by atoms with Gasteiger partial charge >= 0.3 is 0 Å². The molecule has 0 spiro atoms. The third-order valence-corrected chi connectivity index (χ3v) is 4.00. The first-order chi connectivity index (χ1) is 9.43. The van der Waals surface area contributed by atoms with Gasteiger partial charge in [0.15, 0.2) is 0 Å². The van der Waals surface area contributed by atoms with Crippen LogP contribution in [-0.2, 0) is 4.79 Å². The largest absolute Gasteiger partial charge is 0.359 e. The molecule has 1 unspecified atom stereocenters. The van der Waals surface area contributed by atoms with Gasteiger partial charge in [0.1, 0.15) is 5.69 Å². The van der Waals surface area contributed by atoms with Crippen LogP contribution in [-0.4, -0.2) is 41.9 Å². The average molecular weight is 342 g/mol. The minimum absolute atomic E-state index is 0.0432. The van der Waals surface area contributed by atoms with Crippen LogP contribution in [0.15, 0.2) is 16.7 Å². The Labute approximate surface area is 127 Å². The van der Waals surface area contributed by atoms with E-state index in [0.29, 0.717) is 18.3 Å². The molecule has 0 aromatic carbocycles. The summed E-state index contributed by atoms with van der Waals surface area (Å²) in [7, 11) is 3.34. The van der Waals surface area contributed by atoms with E-state index in [0.717, 1.165) is 17.3 Å². The van der Waals surface area contributed by atoms with Gasteiger partial charge in [0.25, 0.3) is 5.91 Å².